The zero-order valence-electron chi connectivity index (χ0n) is 11.6. The largest absolute Gasteiger partial charge is 0.481 e. The molecule has 0 fully saturated rings. The molecule has 2 heterocycles. The lowest BCUT2D eigenvalue weighted by atomic mass is 10.1. The maximum atomic E-state index is 10.8. The van der Waals surface area contributed by atoms with Gasteiger partial charge in [-0.3, -0.25) is 9.48 Å². The van der Waals surface area contributed by atoms with Crippen molar-refractivity contribution in [3.63, 3.8) is 0 Å². The molecular formula is C14H18N2O2S. The highest BCUT2D eigenvalue weighted by Gasteiger charge is 2.17. The molecule has 0 radical (unpaired) electrons. The molecule has 0 aromatic carbocycles. The van der Waals surface area contributed by atoms with Gasteiger partial charge in [0.25, 0.3) is 0 Å². The third-order valence-corrected chi connectivity index (χ3v) is 4.68. The lowest BCUT2D eigenvalue weighted by Gasteiger charge is -2.04. The fourth-order valence-corrected chi connectivity index (χ4v) is 3.45. The molecule has 0 saturated carbocycles. The van der Waals surface area contributed by atoms with Crippen LogP contribution in [0.15, 0.2) is 12.1 Å². The Morgan fingerprint density at radius 2 is 2.16 bits per heavy atom. The van der Waals surface area contributed by atoms with Gasteiger partial charge in [0.05, 0.1) is 12.1 Å². The second-order valence-electron chi connectivity index (χ2n) is 4.87. The van der Waals surface area contributed by atoms with Gasteiger partial charge in [0.15, 0.2) is 0 Å². The molecule has 0 aliphatic rings. The summed E-state index contributed by atoms with van der Waals surface area (Å²) < 4.78 is 1.88. The van der Waals surface area contributed by atoms with E-state index < -0.39 is 5.97 Å². The Bertz CT molecular complexity index is 613. The third kappa shape index (κ3) is 2.71. The van der Waals surface area contributed by atoms with Crippen LogP contribution in [0.2, 0.25) is 0 Å². The van der Waals surface area contributed by atoms with Crippen molar-refractivity contribution in [1.82, 2.24) is 9.78 Å². The predicted molar refractivity (Wildman–Crippen MR) is 76.7 cm³/mol. The van der Waals surface area contributed by atoms with Crippen LogP contribution in [-0.4, -0.2) is 20.9 Å². The van der Waals surface area contributed by atoms with Crippen LogP contribution in [0.1, 0.15) is 35.5 Å². The summed E-state index contributed by atoms with van der Waals surface area (Å²) in [5.41, 5.74) is 3.32. The van der Waals surface area contributed by atoms with Crippen LogP contribution in [0, 0.1) is 13.8 Å². The maximum absolute atomic E-state index is 10.8. The number of aliphatic carboxylic acids is 1. The molecule has 0 aliphatic heterocycles. The number of carboxylic acids is 1. The van der Waals surface area contributed by atoms with E-state index >= 15 is 0 Å². The number of rotatable bonds is 4. The number of aromatic nitrogens is 2. The van der Waals surface area contributed by atoms with Crippen LogP contribution >= 0.6 is 11.3 Å². The number of carbonyl (C=O) groups is 1. The topological polar surface area (TPSA) is 55.1 Å². The Hall–Kier alpha value is -1.62. The predicted octanol–water partition coefficient (Wildman–Crippen LogP) is 3.34. The van der Waals surface area contributed by atoms with Crippen LogP contribution < -0.4 is 0 Å². The molecule has 2 aromatic heterocycles. The van der Waals surface area contributed by atoms with Crippen molar-refractivity contribution in [2.75, 3.05) is 0 Å². The van der Waals surface area contributed by atoms with Crippen LogP contribution in [0.3, 0.4) is 0 Å². The Morgan fingerprint density at radius 3 is 2.68 bits per heavy atom. The Kier molecular flexibility index (Phi) is 3.75. The first-order valence-electron chi connectivity index (χ1n) is 6.22. The zero-order chi connectivity index (χ0) is 14.2. The molecule has 0 bridgehead atoms. The summed E-state index contributed by atoms with van der Waals surface area (Å²) in [5.74, 6) is -0.704. The second-order valence-corrected chi connectivity index (χ2v) is 5.99. The molecule has 2 rings (SSSR count). The van der Waals surface area contributed by atoms with Gasteiger partial charge in [0.1, 0.15) is 0 Å². The van der Waals surface area contributed by atoms with E-state index in [0.717, 1.165) is 21.1 Å². The van der Waals surface area contributed by atoms with Gasteiger partial charge in [-0.15, -0.1) is 11.3 Å². The number of thiophene rings is 1. The van der Waals surface area contributed by atoms with Gasteiger partial charge >= 0.3 is 5.97 Å². The van der Waals surface area contributed by atoms with Crippen molar-refractivity contribution >= 4 is 17.3 Å². The molecule has 0 aliphatic carbocycles. The number of nitrogens with zero attached hydrogens (tertiary/aromatic N) is 2. The molecule has 19 heavy (non-hydrogen) atoms. The van der Waals surface area contributed by atoms with E-state index in [1.165, 1.54) is 5.56 Å². The van der Waals surface area contributed by atoms with Crippen molar-refractivity contribution in [1.29, 1.82) is 0 Å². The summed E-state index contributed by atoms with van der Waals surface area (Å²) in [6.07, 6.45) is 0.172. The van der Waals surface area contributed by atoms with Crippen molar-refractivity contribution in [3.05, 3.63) is 28.4 Å². The Labute approximate surface area is 116 Å². The molecule has 1 N–H and O–H groups in total. The summed E-state index contributed by atoms with van der Waals surface area (Å²) in [6.45, 7) is 6.00. The molecule has 0 spiro atoms. The van der Waals surface area contributed by atoms with E-state index in [1.807, 2.05) is 31.6 Å². The Morgan fingerprint density at radius 1 is 1.47 bits per heavy atom. The number of carboxylic acid groups (broad SMARTS) is 1. The van der Waals surface area contributed by atoms with Gasteiger partial charge in [0.2, 0.25) is 0 Å². The molecule has 5 heteroatoms. The van der Waals surface area contributed by atoms with E-state index in [4.69, 9.17) is 5.11 Å². The van der Waals surface area contributed by atoms with Crippen molar-refractivity contribution < 1.29 is 9.90 Å². The second kappa shape index (κ2) is 5.17. The summed E-state index contributed by atoms with van der Waals surface area (Å²) in [4.78, 5) is 13.0. The minimum Gasteiger partial charge on any atom is -0.481 e. The highest BCUT2D eigenvalue weighted by molar-refractivity contribution is 7.15. The molecule has 1 unspecified atom stereocenters. The van der Waals surface area contributed by atoms with Crippen LogP contribution in [0.4, 0.5) is 0 Å². The zero-order valence-corrected chi connectivity index (χ0v) is 12.4. The number of aryl methyl sites for hydroxylation is 2. The minimum absolute atomic E-state index is 0.0496. The van der Waals surface area contributed by atoms with E-state index in [9.17, 15) is 4.79 Å². The third-order valence-electron chi connectivity index (χ3n) is 3.35. The van der Waals surface area contributed by atoms with Gasteiger partial charge in [-0.25, -0.2) is 0 Å². The minimum atomic E-state index is -0.754. The standard InChI is InChI=1S/C14H18N2O2S/c1-8(7-13(17)18)11-5-6-12(19-11)14-9(2)15-16(4)10(14)3/h5-6,8H,7H2,1-4H3,(H,17,18). The van der Waals surface area contributed by atoms with E-state index in [1.54, 1.807) is 11.3 Å². The molecule has 0 amide bonds. The summed E-state index contributed by atoms with van der Waals surface area (Å²) in [7, 11) is 1.94. The lowest BCUT2D eigenvalue weighted by molar-refractivity contribution is -0.137. The van der Waals surface area contributed by atoms with Gasteiger partial charge in [-0.1, -0.05) is 6.92 Å². The normalized spacial score (nSPS) is 12.6. The SMILES string of the molecule is Cc1nn(C)c(C)c1-c1ccc(C(C)CC(=O)O)s1. The molecule has 2 aromatic rings. The molecular weight excluding hydrogens is 260 g/mol. The molecule has 4 nitrogen and oxygen atoms in total. The summed E-state index contributed by atoms with van der Waals surface area (Å²) in [6, 6.07) is 4.09. The van der Waals surface area contributed by atoms with Gasteiger partial charge in [-0.05, 0) is 26.0 Å². The van der Waals surface area contributed by atoms with Crippen molar-refractivity contribution in [2.24, 2.45) is 7.05 Å². The van der Waals surface area contributed by atoms with Crippen LogP contribution in [-0.2, 0) is 11.8 Å². The average Bonchev–Trinajstić information content (AvgIpc) is 2.85. The first kappa shape index (κ1) is 13.8. The molecule has 0 saturated heterocycles. The van der Waals surface area contributed by atoms with Crippen LogP contribution in [0.5, 0.6) is 0 Å². The van der Waals surface area contributed by atoms with Gasteiger partial charge in [0, 0.05) is 34.0 Å². The molecule has 1 atom stereocenters. The monoisotopic (exact) mass is 278 g/mol. The quantitative estimate of drug-likeness (QED) is 0.933. The van der Waals surface area contributed by atoms with Gasteiger partial charge in [-0.2, -0.15) is 5.10 Å². The lowest BCUT2D eigenvalue weighted by Crippen LogP contribution is -2.00. The number of hydrogen-bond donors (Lipinski definition) is 1. The first-order chi connectivity index (χ1) is 8.90. The van der Waals surface area contributed by atoms with E-state index in [-0.39, 0.29) is 12.3 Å². The van der Waals surface area contributed by atoms with Gasteiger partial charge < -0.3 is 5.11 Å². The highest BCUT2D eigenvalue weighted by atomic mass is 32.1. The molecule has 102 valence electrons. The fourth-order valence-electron chi connectivity index (χ4n) is 2.24. The van der Waals surface area contributed by atoms with Crippen LogP contribution in [0.25, 0.3) is 10.4 Å². The number of hydrogen-bond acceptors (Lipinski definition) is 3. The van der Waals surface area contributed by atoms with Crippen molar-refractivity contribution in [2.45, 2.75) is 33.1 Å². The first-order valence-corrected chi connectivity index (χ1v) is 7.04. The van der Waals surface area contributed by atoms with Crippen molar-refractivity contribution in [3.8, 4) is 10.4 Å². The average molecular weight is 278 g/mol. The Balaban J connectivity index is 2.33. The fraction of sp³-hybridized carbons (Fsp3) is 0.429. The van der Waals surface area contributed by atoms with E-state index in [0.29, 0.717) is 0 Å². The van der Waals surface area contributed by atoms with E-state index in [2.05, 4.69) is 18.1 Å². The smallest absolute Gasteiger partial charge is 0.303 e. The highest BCUT2D eigenvalue weighted by Crippen LogP contribution is 2.36. The maximum Gasteiger partial charge on any atom is 0.303 e. The summed E-state index contributed by atoms with van der Waals surface area (Å²) in [5, 5.41) is 13.3. The summed E-state index contributed by atoms with van der Waals surface area (Å²) >= 11 is 1.66.